The first kappa shape index (κ1) is 15.3. The second kappa shape index (κ2) is 6.44. The van der Waals surface area contributed by atoms with Gasteiger partial charge in [-0.05, 0) is 30.3 Å². The zero-order chi connectivity index (χ0) is 12.3. The maximum Gasteiger partial charge on any atom is 1.00 e. The number of likely N-dealkylation sites (N-methyl/N-ethyl adjacent to an activating group) is 1. The summed E-state index contributed by atoms with van der Waals surface area (Å²) in [4.78, 5) is 0. The first-order valence-corrected chi connectivity index (χ1v) is 5.58. The molecule has 2 rings (SSSR count). The van der Waals surface area contributed by atoms with Crippen molar-refractivity contribution in [1.29, 1.82) is 0 Å². The van der Waals surface area contributed by atoms with Crippen LogP contribution < -0.4 is 5.32 Å². The molecule has 0 bridgehead atoms. The van der Waals surface area contributed by atoms with E-state index in [1.165, 1.54) is 6.54 Å². The van der Waals surface area contributed by atoms with Crippen molar-refractivity contribution < 1.29 is 34.1 Å². The summed E-state index contributed by atoms with van der Waals surface area (Å²) in [7, 11) is 0. The maximum atomic E-state index is 10.3. The van der Waals surface area contributed by atoms with Crippen molar-refractivity contribution in [2.45, 2.75) is 12.5 Å². The first-order valence-electron chi connectivity index (χ1n) is 5.58. The van der Waals surface area contributed by atoms with Crippen LogP contribution in [-0.4, -0.2) is 23.4 Å². The minimum absolute atomic E-state index is 0. The van der Waals surface area contributed by atoms with Crippen molar-refractivity contribution >= 4 is 11.0 Å². The van der Waals surface area contributed by atoms with E-state index in [4.69, 9.17) is 4.42 Å². The van der Waals surface area contributed by atoms with E-state index in [9.17, 15) is 10.2 Å². The van der Waals surface area contributed by atoms with Crippen molar-refractivity contribution in [3.05, 3.63) is 42.6 Å². The van der Waals surface area contributed by atoms with Crippen molar-refractivity contribution in [2.75, 3.05) is 13.2 Å². The quantitative estimate of drug-likeness (QED) is 0.571. The molecule has 0 saturated carbocycles. The van der Waals surface area contributed by atoms with Gasteiger partial charge in [-0.2, -0.15) is 0 Å². The Hall–Kier alpha value is -0.737. The molecule has 0 spiro atoms. The summed E-state index contributed by atoms with van der Waals surface area (Å²) in [6.45, 7) is 3.75. The van der Waals surface area contributed by atoms with Crippen LogP contribution in [0, 0.1) is 6.54 Å². The Bertz CT molecular complexity index is 500. The molecule has 5 heteroatoms. The summed E-state index contributed by atoms with van der Waals surface area (Å²) in [5, 5.41) is 23.5. The van der Waals surface area contributed by atoms with Gasteiger partial charge in [-0.25, -0.2) is 6.54 Å². The third kappa shape index (κ3) is 2.98. The van der Waals surface area contributed by atoms with E-state index in [-0.39, 0.29) is 26.1 Å². The van der Waals surface area contributed by atoms with E-state index >= 15 is 0 Å². The van der Waals surface area contributed by atoms with Crippen LogP contribution >= 0.6 is 0 Å². The molecule has 0 aliphatic carbocycles. The maximum absolute atomic E-state index is 10.3. The molecule has 0 fully saturated rings. The predicted molar refractivity (Wildman–Crippen MR) is 65.2 cm³/mol. The number of nitrogens with one attached hydrogen (secondary N) is 1. The molecular formula is C13H16NO3Ru. The van der Waals surface area contributed by atoms with Gasteiger partial charge in [-0.3, -0.25) is 0 Å². The van der Waals surface area contributed by atoms with Crippen molar-refractivity contribution in [3.8, 4) is 0 Å². The minimum Gasteiger partial charge on any atom is -0.467 e. The summed E-state index contributed by atoms with van der Waals surface area (Å²) < 4.78 is 5.23. The molecule has 4 nitrogen and oxygen atoms in total. The molecule has 1 aromatic heterocycles. The van der Waals surface area contributed by atoms with Crippen LogP contribution in [0.15, 0.2) is 34.9 Å². The fourth-order valence-electron chi connectivity index (χ4n) is 1.73. The molecule has 0 amide bonds. The molecule has 1 heterocycles. The zero-order valence-corrected chi connectivity index (χ0v) is 11.8. The summed E-state index contributed by atoms with van der Waals surface area (Å²) >= 11 is 0. The van der Waals surface area contributed by atoms with Gasteiger partial charge in [-0.1, -0.05) is 13.0 Å². The number of aliphatic hydroxyl groups is 2. The third-order valence-corrected chi connectivity index (χ3v) is 2.74. The topological polar surface area (TPSA) is 65.6 Å². The van der Waals surface area contributed by atoms with E-state index in [1.807, 2.05) is 19.1 Å². The Labute approximate surface area is 119 Å². The molecule has 0 aliphatic heterocycles. The van der Waals surface area contributed by atoms with Gasteiger partial charge < -0.3 is 19.9 Å². The monoisotopic (exact) mass is 336 g/mol. The van der Waals surface area contributed by atoms with Crippen molar-refractivity contribution in [2.24, 2.45) is 0 Å². The second-order valence-electron chi connectivity index (χ2n) is 3.96. The number of hydrogen-bond donors (Lipinski definition) is 3. The molecule has 1 aromatic carbocycles. The Morgan fingerprint density at radius 3 is 2.83 bits per heavy atom. The average Bonchev–Trinajstić information content (AvgIpc) is 2.83. The van der Waals surface area contributed by atoms with E-state index in [0.29, 0.717) is 12.1 Å². The zero-order valence-electron chi connectivity index (χ0n) is 10.0. The predicted octanol–water partition coefficient (Wildman–Crippen LogP) is 1.38. The van der Waals surface area contributed by atoms with Gasteiger partial charge in [0, 0.05) is 17.6 Å². The minimum atomic E-state index is -1.37. The van der Waals surface area contributed by atoms with Crippen LogP contribution in [0.25, 0.3) is 11.0 Å². The molecule has 99 valence electrons. The van der Waals surface area contributed by atoms with E-state index in [0.717, 1.165) is 11.0 Å². The van der Waals surface area contributed by atoms with Gasteiger partial charge in [0.1, 0.15) is 5.58 Å². The normalized spacial score (nSPS) is 14.2. The SMILES string of the molecule is CCN[CH-]C(O)(CO)c1ccc2occc2c1.[Ru+]. The van der Waals surface area contributed by atoms with E-state index in [2.05, 4.69) is 5.32 Å². The molecule has 1 radical (unpaired) electrons. The number of rotatable bonds is 5. The van der Waals surface area contributed by atoms with Crippen LogP contribution in [0.4, 0.5) is 0 Å². The summed E-state index contributed by atoms with van der Waals surface area (Å²) in [5.74, 6) is 0. The van der Waals surface area contributed by atoms with Gasteiger partial charge in [0.15, 0.2) is 0 Å². The van der Waals surface area contributed by atoms with Gasteiger partial charge in [0.25, 0.3) is 0 Å². The second-order valence-corrected chi connectivity index (χ2v) is 3.96. The number of hydrogen-bond acceptors (Lipinski definition) is 4. The Balaban J connectivity index is 0.00000162. The Kier molecular flexibility index (Phi) is 5.48. The third-order valence-electron chi connectivity index (χ3n) is 2.74. The summed E-state index contributed by atoms with van der Waals surface area (Å²) in [6.07, 6.45) is 1.60. The number of aliphatic hydroxyl groups excluding tert-OH is 1. The number of furan rings is 1. The molecule has 2 aromatic rings. The molecule has 18 heavy (non-hydrogen) atoms. The molecule has 1 unspecified atom stereocenters. The van der Waals surface area contributed by atoms with Gasteiger partial charge >= 0.3 is 19.5 Å². The van der Waals surface area contributed by atoms with Crippen LogP contribution in [0.2, 0.25) is 0 Å². The summed E-state index contributed by atoms with van der Waals surface area (Å²) in [6, 6.07) is 7.16. The van der Waals surface area contributed by atoms with Crippen LogP contribution in [0.1, 0.15) is 12.5 Å². The van der Waals surface area contributed by atoms with Crippen LogP contribution in [0.3, 0.4) is 0 Å². The Morgan fingerprint density at radius 1 is 1.39 bits per heavy atom. The van der Waals surface area contributed by atoms with Gasteiger partial charge in [0.05, 0.1) is 6.26 Å². The summed E-state index contributed by atoms with van der Waals surface area (Å²) in [5.41, 5.74) is 0.0221. The number of fused-ring (bicyclic) bond motifs is 1. The Morgan fingerprint density at radius 2 is 2.17 bits per heavy atom. The van der Waals surface area contributed by atoms with E-state index < -0.39 is 5.60 Å². The molecule has 0 saturated heterocycles. The molecule has 0 aliphatic rings. The fourth-order valence-corrected chi connectivity index (χ4v) is 1.73. The van der Waals surface area contributed by atoms with Crippen molar-refractivity contribution in [1.82, 2.24) is 5.32 Å². The first-order chi connectivity index (χ1) is 8.19. The van der Waals surface area contributed by atoms with E-state index in [1.54, 1.807) is 18.4 Å². The van der Waals surface area contributed by atoms with Crippen LogP contribution in [-0.2, 0) is 25.1 Å². The average molecular weight is 335 g/mol. The fraction of sp³-hybridized carbons (Fsp3) is 0.308. The molecule has 3 N–H and O–H groups in total. The van der Waals surface area contributed by atoms with Crippen LogP contribution in [0.5, 0.6) is 0 Å². The largest absolute Gasteiger partial charge is 1.00 e. The molecular weight excluding hydrogens is 319 g/mol. The molecule has 1 atom stereocenters. The van der Waals surface area contributed by atoms with Gasteiger partial charge in [0.2, 0.25) is 0 Å². The number of benzene rings is 1. The smallest absolute Gasteiger partial charge is 0.467 e. The standard InChI is InChI=1S/C13H16NO3.Ru/c1-2-14-8-13(16,9-15)11-3-4-12-10(7-11)5-6-17-12;/h3-8,14-16H,2,9H2,1H3;/q-1;+1. The van der Waals surface area contributed by atoms with Crippen molar-refractivity contribution in [3.63, 3.8) is 0 Å². The van der Waals surface area contributed by atoms with Gasteiger partial charge in [-0.15, -0.1) is 0 Å².